The number of aliphatic hydroxyl groups is 2. The second-order valence-electron chi connectivity index (χ2n) is 13.2. The summed E-state index contributed by atoms with van der Waals surface area (Å²) in [7, 11) is 8.34. The van der Waals surface area contributed by atoms with E-state index in [1.54, 1.807) is 97.1 Å². The molecule has 0 bridgehead atoms. The predicted octanol–water partition coefficient (Wildman–Crippen LogP) is 6.93. The maximum absolute atomic E-state index is 10.5. The number of hydrogen-bond donors (Lipinski definition) is 5. The van der Waals surface area contributed by atoms with Crippen molar-refractivity contribution < 1.29 is 80.8 Å². The first-order valence-corrected chi connectivity index (χ1v) is 37.4. The molecule has 25 nitrogen and oxygen atoms in total. The molecule has 0 amide bonds. The van der Waals surface area contributed by atoms with Crippen LogP contribution in [-0.4, -0.2) is 170 Å². The van der Waals surface area contributed by atoms with Gasteiger partial charge in [0.2, 0.25) is 6.29 Å². The van der Waals surface area contributed by atoms with Gasteiger partial charge in [-0.2, -0.15) is 0 Å². The Morgan fingerprint density at radius 2 is 1.20 bits per heavy atom. The number of aldehydes is 1. The number of benzene rings is 4. The fourth-order valence-corrected chi connectivity index (χ4v) is 5.56. The summed E-state index contributed by atoms with van der Waals surface area (Å²) in [6, 6.07) is 26.7. The number of anilines is 1. The number of hydrogen-bond acceptors (Lipinski definition) is 21. The van der Waals surface area contributed by atoms with E-state index in [-0.39, 0.29) is 51.8 Å². The van der Waals surface area contributed by atoms with Gasteiger partial charge < -0.3 is 49.8 Å². The van der Waals surface area contributed by atoms with Crippen LogP contribution in [0.3, 0.4) is 0 Å². The van der Waals surface area contributed by atoms with E-state index >= 15 is 0 Å². The molecule has 0 saturated carbocycles. The number of rotatable bonds is 11. The van der Waals surface area contributed by atoms with Crippen LogP contribution >= 0.6 is 0 Å². The molecule has 394 valence electrons. The zero-order chi connectivity index (χ0) is 55.8. The van der Waals surface area contributed by atoms with E-state index in [0.717, 1.165) is 17.9 Å². The third-order valence-corrected chi connectivity index (χ3v) is 8.76. The average molecular weight is 1100 g/mol. The van der Waals surface area contributed by atoms with E-state index < -0.39 is 17.5 Å². The SMILES string of the molecule is CO.COC(O)c1ccccc1N=O.COC1ON(O)c2ccccc21.COC=C1C=CC=C/C1=[N+](/[O-])O.COC=C1C=CC=C/C1=[N+](/[O-])O.COCc1ccccc1[N+](=O)[O-].O.O=Cc1ccccc1N=O.[H+].[K][K]. The Labute approximate surface area is 478 Å². The summed E-state index contributed by atoms with van der Waals surface area (Å²) in [6.45, 7) is 0.275. The van der Waals surface area contributed by atoms with Crippen molar-refractivity contribution in [1.82, 2.24) is 0 Å². The number of carbonyl (C=O) groups excluding carboxylic acids is 1. The van der Waals surface area contributed by atoms with Crippen molar-refractivity contribution in [1.29, 1.82) is 0 Å². The first-order chi connectivity index (χ1) is 35.8. The van der Waals surface area contributed by atoms with Gasteiger partial charge in [-0.15, -0.1) is 15.0 Å². The number of nitro benzene ring substituents is 1. The van der Waals surface area contributed by atoms with Gasteiger partial charge in [0.1, 0.15) is 17.1 Å². The normalized spacial score (nSPS) is 15.6. The van der Waals surface area contributed by atoms with Crippen molar-refractivity contribution in [2.24, 2.45) is 10.4 Å². The number of aliphatic hydroxyl groups excluding tert-OH is 2. The van der Waals surface area contributed by atoms with E-state index in [9.17, 15) is 45.5 Å². The van der Waals surface area contributed by atoms with Gasteiger partial charge in [0.15, 0.2) is 12.6 Å². The molecular weight excluding hydrogens is 1040 g/mol. The second-order valence-corrected chi connectivity index (χ2v) is 13.2. The summed E-state index contributed by atoms with van der Waals surface area (Å²) in [5.41, 5.74) is 4.70. The summed E-state index contributed by atoms with van der Waals surface area (Å²) in [6.07, 6.45) is 14.9. The van der Waals surface area contributed by atoms with Crippen LogP contribution in [0.25, 0.3) is 0 Å². The van der Waals surface area contributed by atoms with Gasteiger partial charge in [0.05, 0.1) is 55.0 Å². The van der Waals surface area contributed by atoms with Gasteiger partial charge in [-0.05, 0) is 52.8 Å². The number of nitro groups is 1. The van der Waals surface area contributed by atoms with Crippen molar-refractivity contribution in [3.8, 4) is 0 Å². The molecule has 1 heterocycles. The number of para-hydroxylation sites is 2. The van der Waals surface area contributed by atoms with Gasteiger partial charge in [0, 0.05) is 73.2 Å². The van der Waals surface area contributed by atoms with E-state index in [1.165, 1.54) is 142 Å². The summed E-state index contributed by atoms with van der Waals surface area (Å²) < 4.78 is 23.9. The molecule has 2 aliphatic carbocycles. The number of methoxy groups -OCH3 is 5. The molecule has 0 spiro atoms. The Kier molecular flexibility index (Phi) is 41.7. The quantitative estimate of drug-likeness (QED) is 0.0117. The molecule has 4 aromatic rings. The van der Waals surface area contributed by atoms with E-state index in [1.807, 2.05) is 18.2 Å². The van der Waals surface area contributed by atoms with Crippen LogP contribution < -0.4 is 5.23 Å². The number of fused-ring (bicyclic) bond motifs is 1. The minimum atomic E-state index is -1.08. The third-order valence-electron chi connectivity index (χ3n) is 8.76. The van der Waals surface area contributed by atoms with E-state index in [4.69, 9.17) is 39.3 Å². The molecule has 7 rings (SSSR count). The standard InChI is InChI=1S/5C8H9NO3.C7H5NO2.CH4O.2K.H2O/c1-11-8-6-4-2-3-5-7(6)9(10)12-8;3*1-12-6-7-4-2-3-5-8(7)9(10)11;1-12-8(10)6-4-2-3-5-7(6)9-11;9-5-6-3-1-2-4-7(6)8-10;1-2;;;/h2-5,8,10H,1H3;2-5H,6H2,1H3;2*2-6H,1H3,(H,10,11);2-5,8,10H,1H3;1-5H;2H,1H3;;;1H2/p+1. The topological polar surface area (TPSA) is 362 Å². The Morgan fingerprint density at radius 3 is 1.65 bits per heavy atom. The fraction of sp³-hybridized carbons (Fsp3) is 0.188. The van der Waals surface area contributed by atoms with Crippen LogP contribution in [0.15, 0.2) is 180 Å². The zero-order valence-electron chi connectivity index (χ0n) is 43.2. The number of allylic oxidation sites excluding steroid dienone is 10. The van der Waals surface area contributed by atoms with Crippen LogP contribution in [0.2, 0.25) is 0 Å². The molecule has 2 atom stereocenters. The molecule has 3 aliphatic rings. The molecule has 75 heavy (non-hydrogen) atoms. The summed E-state index contributed by atoms with van der Waals surface area (Å²) in [5.74, 6) is 0. The number of nitroso groups, excluding NO2 is 2. The van der Waals surface area contributed by atoms with Crippen LogP contribution in [0.4, 0.5) is 22.7 Å². The monoisotopic (exact) mass is 1100 g/mol. The Bertz CT molecular complexity index is 2520. The number of carbonyl (C=O) groups is 1. The van der Waals surface area contributed by atoms with Gasteiger partial charge in [-0.1, -0.05) is 85.0 Å². The van der Waals surface area contributed by atoms with E-state index in [0.29, 0.717) is 39.8 Å². The van der Waals surface area contributed by atoms with Gasteiger partial charge in [0.25, 0.3) is 17.1 Å². The molecule has 7 N–H and O–H groups in total. The van der Waals surface area contributed by atoms with Crippen molar-refractivity contribution in [2.45, 2.75) is 19.2 Å². The predicted molar refractivity (Wildman–Crippen MR) is 278 cm³/mol. The zero-order valence-corrected chi connectivity index (χ0v) is 48.4. The average Bonchev–Trinajstić information content (AvgIpc) is 3.78. The molecule has 0 saturated heterocycles. The van der Waals surface area contributed by atoms with Crippen molar-refractivity contribution in [3.63, 3.8) is 0 Å². The molecule has 0 fully saturated rings. The Hall–Kier alpha value is -5.52. The third kappa shape index (κ3) is 26.2. The van der Waals surface area contributed by atoms with Gasteiger partial charge in [-0.25, -0.2) is 4.84 Å². The minimum absolute atomic E-state index is 0. The van der Waals surface area contributed by atoms with Crippen LogP contribution in [-0.2, 0) is 35.1 Å². The summed E-state index contributed by atoms with van der Waals surface area (Å²) >= 11 is 2.50. The first-order valence-electron chi connectivity index (χ1n) is 21.4. The summed E-state index contributed by atoms with van der Waals surface area (Å²) in [5, 5.41) is 80.4. The number of nitrogens with zero attached hydrogens (tertiary/aromatic N) is 6. The maximum atomic E-state index is 10.5. The fourth-order valence-electron chi connectivity index (χ4n) is 5.56. The van der Waals surface area contributed by atoms with Crippen molar-refractivity contribution in [3.05, 3.63) is 222 Å². The van der Waals surface area contributed by atoms with Crippen LogP contribution in [0.5, 0.6) is 0 Å². The Morgan fingerprint density at radius 1 is 0.733 bits per heavy atom. The molecule has 1 aliphatic heterocycles. The molecule has 27 heteroatoms. The molecule has 4 aromatic carbocycles. The summed E-state index contributed by atoms with van der Waals surface area (Å²) in [4.78, 5) is 45.0. The molecular formula is C48H57K2N6O19+. The molecule has 2 unspecified atom stereocenters. The van der Waals surface area contributed by atoms with Crippen molar-refractivity contribution >= 4 is 104 Å². The first kappa shape index (κ1) is 71.6. The van der Waals surface area contributed by atoms with Crippen LogP contribution in [0.1, 0.15) is 41.1 Å². The second kappa shape index (κ2) is 43.7. The van der Waals surface area contributed by atoms with Crippen molar-refractivity contribution in [2.75, 3.05) is 47.9 Å². The van der Waals surface area contributed by atoms with E-state index in [2.05, 4.69) is 15.1 Å². The molecule has 0 radical (unpaired) electrons. The Balaban J connectivity index is -0.000000826. The van der Waals surface area contributed by atoms with Gasteiger partial charge >= 0.3 is 64.6 Å². The number of ether oxygens (including phenoxy) is 5. The van der Waals surface area contributed by atoms with Gasteiger partial charge in [-0.3, -0.25) is 30.5 Å². The molecule has 0 aromatic heterocycles. The van der Waals surface area contributed by atoms with Crippen LogP contribution in [0, 0.1) is 30.3 Å².